The predicted octanol–water partition coefficient (Wildman–Crippen LogP) is 2.14. The van der Waals surface area contributed by atoms with Gasteiger partial charge in [-0.1, -0.05) is 24.3 Å². The molecule has 0 aliphatic carbocycles. The highest BCUT2D eigenvalue weighted by atomic mass is 32.2. The zero-order valence-electron chi connectivity index (χ0n) is 20.6. The summed E-state index contributed by atoms with van der Waals surface area (Å²) in [5.74, 6) is 0.894. The maximum atomic E-state index is 13.1. The number of nitrogens with zero attached hydrogens (tertiary/aromatic N) is 1. The van der Waals surface area contributed by atoms with E-state index in [0.29, 0.717) is 23.7 Å². The number of carbonyl (C=O) groups is 1. The van der Waals surface area contributed by atoms with Crippen LogP contribution in [0.25, 0.3) is 0 Å². The van der Waals surface area contributed by atoms with Crippen LogP contribution in [0.1, 0.15) is 22.0 Å². The van der Waals surface area contributed by atoms with Crippen LogP contribution >= 0.6 is 0 Å². The molecule has 0 saturated carbocycles. The van der Waals surface area contributed by atoms with Crippen molar-refractivity contribution in [1.82, 2.24) is 5.32 Å². The standard InChI is InChI=1S/C26H31N3O5S/c1-28(2)23(19-14-15-24(33-4)25(17-19)34-5)18-27-26(30)20-10-9-13-22(16-20)35(31,32)29(3)21-11-7-6-8-12-21/h6-17,23H,18H2,1-5H3,(H,27,30)/p+1/t23-/m0/s1. The minimum atomic E-state index is -3.83. The van der Waals surface area contributed by atoms with Gasteiger partial charge in [0.05, 0.1) is 45.4 Å². The number of quaternary nitrogens is 1. The summed E-state index contributed by atoms with van der Waals surface area (Å²) in [6.07, 6.45) is 0. The van der Waals surface area contributed by atoms with Crippen LogP contribution in [-0.4, -0.2) is 56.2 Å². The Morgan fingerprint density at radius 2 is 1.63 bits per heavy atom. The molecule has 186 valence electrons. The Morgan fingerprint density at radius 1 is 0.943 bits per heavy atom. The van der Waals surface area contributed by atoms with E-state index in [0.717, 1.165) is 10.5 Å². The quantitative estimate of drug-likeness (QED) is 0.447. The van der Waals surface area contributed by atoms with E-state index in [1.54, 1.807) is 50.6 Å². The summed E-state index contributed by atoms with van der Waals surface area (Å²) in [5, 5.41) is 2.94. The minimum absolute atomic E-state index is 0.0474. The van der Waals surface area contributed by atoms with Gasteiger partial charge < -0.3 is 19.7 Å². The normalized spacial score (nSPS) is 12.2. The highest BCUT2D eigenvalue weighted by molar-refractivity contribution is 7.92. The SMILES string of the molecule is COc1ccc([C@H](CNC(=O)c2cccc(S(=O)(=O)N(C)c3ccccc3)c2)[NH+](C)C)cc1OC. The van der Waals surface area contributed by atoms with Gasteiger partial charge in [0.15, 0.2) is 11.5 Å². The number of rotatable bonds is 10. The van der Waals surface area contributed by atoms with Crippen LogP contribution < -0.4 is 24.0 Å². The van der Waals surface area contributed by atoms with Crippen LogP contribution in [0.2, 0.25) is 0 Å². The molecule has 35 heavy (non-hydrogen) atoms. The molecule has 0 radical (unpaired) electrons. The van der Waals surface area contributed by atoms with Crippen LogP contribution in [0.4, 0.5) is 5.69 Å². The van der Waals surface area contributed by atoms with Gasteiger partial charge in [-0.25, -0.2) is 8.42 Å². The van der Waals surface area contributed by atoms with Crippen LogP contribution in [0.15, 0.2) is 77.7 Å². The molecule has 0 spiro atoms. The third kappa shape index (κ3) is 5.93. The van der Waals surface area contributed by atoms with E-state index in [4.69, 9.17) is 9.47 Å². The monoisotopic (exact) mass is 498 g/mol. The van der Waals surface area contributed by atoms with E-state index >= 15 is 0 Å². The van der Waals surface area contributed by atoms with E-state index in [1.165, 1.54) is 23.5 Å². The molecule has 9 heteroatoms. The first kappa shape index (κ1) is 26.1. The first-order valence-electron chi connectivity index (χ1n) is 11.1. The lowest BCUT2D eigenvalue weighted by Crippen LogP contribution is -3.07. The molecule has 3 rings (SSSR count). The molecular formula is C26H32N3O5S+. The minimum Gasteiger partial charge on any atom is -0.493 e. The number of carbonyl (C=O) groups excluding carboxylic acids is 1. The Balaban J connectivity index is 1.78. The largest absolute Gasteiger partial charge is 0.493 e. The Hall–Kier alpha value is -3.56. The van der Waals surface area contributed by atoms with Crippen molar-refractivity contribution in [3.05, 3.63) is 83.9 Å². The molecule has 2 N–H and O–H groups in total. The number of sulfonamides is 1. The molecule has 0 saturated heterocycles. The van der Waals surface area contributed by atoms with Crippen LogP contribution in [0, 0.1) is 0 Å². The zero-order chi connectivity index (χ0) is 25.6. The van der Waals surface area contributed by atoms with Crippen molar-refractivity contribution >= 4 is 21.6 Å². The Kier molecular flexibility index (Phi) is 8.37. The topological polar surface area (TPSA) is 89.4 Å². The summed E-state index contributed by atoms with van der Waals surface area (Å²) >= 11 is 0. The molecule has 0 aromatic heterocycles. The van der Waals surface area contributed by atoms with Gasteiger partial charge in [0, 0.05) is 18.2 Å². The second-order valence-corrected chi connectivity index (χ2v) is 10.3. The third-order valence-electron chi connectivity index (χ3n) is 5.85. The van der Waals surface area contributed by atoms with E-state index < -0.39 is 10.0 Å². The molecule has 3 aromatic carbocycles. The number of ether oxygens (including phenoxy) is 2. The first-order chi connectivity index (χ1) is 16.7. The molecule has 0 aliphatic heterocycles. The fourth-order valence-electron chi connectivity index (χ4n) is 3.75. The van der Waals surface area contributed by atoms with Crippen molar-refractivity contribution in [2.75, 3.05) is 46.2 Å². The average molecular weight is 499 g/mol. The maximum Gasteiger partial charge on any atom is 0.264 e. The first-order valence-corrected chi connectivity index (χ1v) is 12.6. The molecule has 0 aliphatic rings. The van der Waals surface area contributed by atoms with E-state index in [-0.39, 0.29) is 22.4 Å². The third-order valence-corrected chi connectivity index (χ3v) is 7.63. The summed E-state index contributed by atoms with van der Waals surface area (Å²) in [6, 6.07) is 20.5. The number of nitrogens with one attached hydrogen (secondary N) is 2. The summed E-state index contributed by atoms with van der Waals surface area (Å²) in [4.78, 5) is 14.1. The van der Waals surface area contributed by atoms with Gasteiger partial charge in [-0.05, 0) is 48.5 Å². The van der Waals surface area contributed by atoms with Crippen molar-refractivity contribution in [3.8, 4) is 11.5 Å². The molecule has 1 amide bonds. The number of hydrogen-bond acceptors (Lipinski definition) is 5. The number of anilines is 1. The number of likely N-dealkylation sites (N-methyl/N-ethyl adjacent to an activating group) is 1. The van der Waals surface area contributed by atoms with Gasteiger partial charge in [0.25, 0.3) is 15.9 Å². The number of hydrogen-bond donors (Lipinski definition) is 2. The summed E-state index contributed by atoms with van der Waals surface area (Å²) in [5.41, 5.74) is 1.78. The van der Waals surface area contributed by atoms with Crippen molar-refractivity contribution in [2.24, 2.45) is 0 Å². The predicted molar refractivity (Wildman–Crippen MR) is 136 cm³/mol. The lowest BCUT2D eigenvalue weighted by Gasteiger charge is -2.23. The Bertz CT molecular complexity index is 1260. The number of para-hydroxylation sites is 1. The molecule has 0 fully saturated rings. The van der Waals surface area contributed by atoms with Gasteiger partial charge in [0.2, 0.25) is 0 Å². The molecular weight excluding hydrogens is 466 g/mol. The van der Waals surface area contributed by atoms with Gasteiger partial charge in [0.1, 0.15) is 6.04 Å². The average Bonchev–Trinajstić information content (AvgIpc) is 2.88. The smallest absolute Gasteiger partial charge is 0.264 e. The Morgan fingerprint density at radius 3 is 2.26 bits per heavy atom. The Labute approximate surface area is 207 Å². The number of amides is 1. The highest BCUT2D eigenvalue weighted by Crippen LogP contribution is 2.29. The van der Waals surface area contributed by atoms with E-state index in [2.05, 4.69) is 5.32 Å². The molecule has 3 aromatic rings. The van der Waals surface area contributed by atoms with Gasteiger partial charge in [-0.15, -0.1) is 0 Å². The van der Waals surface area contributed by atoms with Crippen molar-refractivity contribution in [1.29, 1.82) is 0 Å². The number of benzene rings is 3. The zero-order valence-corrected chi connectivity index (χ0v) is 21.4. The second-order valence-electron chi connectivity index (χ2n) is 8.29. The molecule has 1 atom stereocenters. The summed E-state index contributed by atoms with van der Waals surface area (Å²) < 4.78 is 38.2. The highest BCUT2D eigenvalue weighted by Gasteiger charge is 2.24. The number of methoxy groups -OCH3 is 2. The molecule has 0 unspecified atom stereocenters. The molecule has 8 nitrogen and oxygen atoms in total. The van der Waals surface area contributed by atoms with Crippen molar-refractivity contribution in [2.45, 2.75) is 10.9 Å². The lowest BCUT2D eigenvalue weighted by atomic mass is 10.0. The molecule has 0 bridgehead atoms. The van der Waals surface area contributed by atoms with Gasteiger partial charge in [-0.2, -0.15) is 0 Å². The van der Waals surface area contributed by atoms with Crippen LogP contribution in [-0.2, 0) is 10.0 Å². The molecule has 0 heterocycles. The fraction of sp³-hybridized carbons (Fsp3) is 0.269. The lowest BCUT2D eigenvalue weighted by molar-refractivity contribution is -0.890. The second kappa shape index (κ2) is 11.2. The van der Waals surface area contributed by atoms with E-state index in [1.807, 2.05) is 38.4 Å². The fourth-order valence-corrected chi connectivity index (χ4v) is 5.00. The van der Waals surface area contributed by atoms with E-state index in [9.17, 15) is 13.2 Å². The van der Waals surface area contributed by atoms with Crippen LogP contribution in [0.3, 0.4) is 0 Å². The van der Waals surface area contributed by atoms with Gasteiger partial charge >= 0.3 is 0 Å². The maximum absolute atomic E-state index is 13.1. The van der Waals surface area contributed by atoms with Crippen molar-refractivity contribution in [3.63, 3.8) is 0 Å². The summed E-state index contributed by atoms with van der Waals surface area (Å²) in [6.45, 7) is 0.345. The van der Waals surface area contributed by atoms with Crippen molar-refractivity contribution < 1.29 is 27.6 Å². The summed E-state index contributed by atoms with van der Waals surface area (Å²) in [7, 11) is 4.83. The van der Waals surface area contributed by atoms with Gasteiger partial charge in [-0.3, -0.25) is 9.10 Å². The van der Waals surface area contributed by atoms with Crippen LogP contribution in [0.5, 0.6) is 11.5 Å².